The number of unbranched alkanes of at least 4 members (excludes halogenated alkanes) is 13. The van der Waals surface area contributed by atoms with E-state index in [1.165, 1.54) is 89.9 Å². The van der Waals surface area contributed by atoms with Crippen molar-refractivity contribution in [2.24, 2.45) is 0 Å². The summed E-state index contributed by atoms with van der Waals surface area (Å²) in [4.78, 5) is 0. The average molecular weight is 357 g/mol. The lowest BCUT2D eigenvalue weighted by Gasteiger charge is -2.36. The van der Waals surface area contributed by atoms with Crippen molar-refractivity contribution in [3.63, 3.8) is 0 Å². The number of nitrogens with zero attached hydrogens (tertiary/aromatic N) is 1. The molecule has 0 spiro atoms. The van der Waals surface area contributed by atoms with Crippen molar-refractivity contribution in [2.45, 2.75) is 96.8 Å². The molecule has 150 valence electrons. The highest BCUT2D eigenvalue weighted by atomic mass is 16.5. The molecule has 0 unspecified atom stereocenters. The van der Waals surface area contributed by atoms with Crippen molar-refractivity contribution < 1.29 is 14.0 Å². The maximum absolute atomic E-state index is 5.90. The number of rotatable bonds is 17. The van der Waals surface area contributed by atoms with Crippen LogP contribution in [0.25, 0.3) is 0 Å². The fraction of sp³-hybridized carbons (Fsp3) is 1.00. The zero-order valence-corrected chi connectivity index (χ0v) is 17.4. The molecule has 3 nitrogen and oxygen atoms in total. The van der Waals surface area contributed by atoms with Crippen LogP contribution in [0.4, 0.5) is 0 Å². The lowest BCUT2D eigenvalue weighted by Crippen LogP contribution is -2.53. The summed E-state index contributed by atoms with van der Waals surface area (Å²) >= 11 is 0. The van der Waals surface area contributed by atoms with Gasteiger partial charge in [-0.3, -0.25) is 4.48 Å². The Morgan fingerprint density at radius 1 is 0.680 bits per heavy atom. The van der Waals surface area contributed by atoms with Crippen LogP contribution in [-0.4, -0.2) is 51.2 Å². The Bertz CT molecular complexity index is 277. The molecule has 25 heavy (non-hydrogen) atoms. The molecule has 0 bridgehead atoms. The summed E-state index contributed by atoms with van der Waals surface area (Å²) in [5.74, 6) is 0. The van der Waals surface area contributed by atoms with Gasteiger partial charge in [-0.25, -0.2) is 0 Å². The van der Waals surface area contributed by atoms with Crippen LogP contribution in [0, 0.1) is 0 Å². The van der Waals surface area contributed by atoms with Crippen LogP contribution < -0.4 is 0 Å². The van der Waals surface area contributed by atoms with E-state index in [0.717, 1.165) is 44.1 Å². The SMILES string of the molecule is CCCCCCCCCCCCCCCCOC[N+]1(C)CCOCC1. The second-order valence-corrected chi connectivity index (χ2v) is 8.31. The molecule has 0 radical (unpaired) electrons. The molecule has 0 N–H and O–H groups in total. The van der Waals surface area contributed by atoms with Crippen LogP contribution >= 0.6 is 0 Å². The summed E-state index contributed by atoms with van der Waals surface area (Å²) in [5, 5.41) is 0. The first-order valence-corrected chi connectivity index (χ1v) is 11.3. The topological polar surface area (TPSA) is 18.5 Å². The number of hydrogen-bond acceptors (Lipinski definition) is 2. The summed E-state index contributed by atoms with van der Waals surface area (Å²) in [5.41, 5.74) is 0. The summed E-state index contributed by atoms with van der Waals surface area (Å²) < 4.78 is 12.4. The van der Waals surface area contributed by atoms with Crippen LogP contribution in [0.5, 0.6) is 0 Å². The van der Waals surface area contributed by atoms with Gasteiger partial charge in [0.15, 0.2) is 6.73 Å². The molecule has 1 rings (SSSR count). The second kappa shape index (κ2) is 16.1. The molecule has 0 atom stereocenters. The van der Waals surface area contributed by atoms with Gasteiger partial charge < -0.3 is 9.47 Å². The second-order valence-electron chi connectivity index (χ2n) is 8.31. The van der Waals surface area contributed by atoms with Gasteiger partial charge in [-0.05, 0) is 6.42 Å². The molecule has 0 aromatic heterocycles. The summed E-state index contributed by atoms with van der Waals surface area (Å²) in [6.07, 6.45) is 19.8. The first-order valence-electron chi connectivity index (χ1n) is 11.3. The number of morpholine rings is 1. The van der Waals surface area contributed by atoms with Crippen molar-refractivity contribution in [2.75, 3.05) is 46.7 Å². The van der Waals surface area contributed by atoms with Crippen LogP contribution in [0.3, 0.4) is 0 Å². The summed E-state index contributed by atoms with van der Waals surface area (Å²) in [7, 11) is 2.29. The third kappa shape index (κ3) is 13.7. The van der Waals surface area contributed by atoms with E-state index in [9.17, 15) is 0 Å². The van der Waals surface area contributed by atoms with Crippen molar-refractivity contribution >= 4 is 0 Å². The molecule has 0 amide bonds. The van der Waals surface area contributed by atoms with Crippen molar-refractivity contribution in [3.8, 4) is 0 Å². The molecule has 0 saturated carbocycles. The molecule has 0 aromatic rings. The van der Waals surface area contributed by atoms with Gasteiger partial charge >= 0.3 is 0 Å². The first-order chi connectivity index (χ1) is 12.3. The Hall–Kier alpha value is -0.120. The minimum atomic E-state index is 0.863. The highest BCUT2D eigenvalue weighted by Gasteiger charge is 2.24. The maximum atomic E-state index is 5.90. The van der Waals surface area contributed by atoms with E-state index in [2.05, 4.69) is 14.0 Å². The van der Waals surface area contributed by atoms with E-state index in [-0.39, 0.29) is 0 Å². The monoisotopic (exact) mass is 356 g/mol. The predicted molar refractivity (Wildman–Crippen MR) is 108 cm³/mol. The highest BCUT2D eigenvalue weighted by molar-refractivity contribution is 4.49. The maximum Gasteiger partial charge on any atom is 0.183 e. The zero-order valence-electron chi connectivity index (χ0n) is 17.4. The van der Waals surface area contributed by atoms with Gasteiger partial charge in [-0.15, -0.1) is 0 Å². The lowest BCUT2D eigenvalue weighted by molar-refractivity contribution is -0.934. The number of likely N-dealkylation sites (N-methyl/N-ethyl adjacent to an activating group) is 1. The van der Waals surface area contributed by atoms with E-state index in [1.54, 1.807) is 0 Å². The van der Waals surface area contributed by atoms with Crippen LogP contribution in [0.15, 0.2) is 0 Å². The largest absolute Gasteiger partial charge is 0.370 e. The molecule has 1 heterocycles. The fourth-order valence-electron chi connectivity index (χ4n) is 3.60. The first kappa shape index (κ1) is 22.9. The molecule has 1 aliphatic heterocycles. The van der Waals surface area contributed by atoms with E-state index in [0.29, 0.717) is 0 Å². The minimum absolute atomic E-state index is 0.863. The van der Waals surface area contributed by atoms with Gasteiger partial charge in [0, 0.05) is 0 Å². The van der Waals surface area contributed by atoms with Gasteiger partial charge in [-0.1, -0.05) is 90.4 Å². The third-order valence-electron chi connectivity index (χ3n) is 5.60. The van der Waals surface area contributed by atoms with E-state index in [4.69, 9.17) is 9.47 Å². The van der Waals surface area contributed by atoms with Gasteiger partial charge in [0.05, 0.1) is 26.9 Å². The van der Waals surface area contributed by atoms with Gasteiger partial charge in [0.2, 0.25) is 0 Å². The van der Waals surface area contributed by atoms with Crippen molar-refractivity contribution in [1.82, 2.24) is 0 Å². The van der Waals surface area contributed by atoms with Gasteiger partial charge in [0.25, 0.3) is 0 Å². The Morgan fingerprint density at radius 3 is 1.60 bits per heavy atom. The number of hydrogen-bond donors (Lipinski definition) is 0. The molecular weight excluding hydrogens is 310 g/mol. The molecule has 0 aliphatic carbocycles. The Balaban J connectivity index is 1.72. The minimum Gasteiger partial charge on any atom is -0.370 e. The molecule has 0 aromatic carbocycles. The Labute approximate surface area is 158 Å². The normalized spacial score (nSPS) is 17.0. The molecule has 1 saturated heterocycles. The van der Waals surface area contributed by atoms with E-state index >= 15 is 0 Å². The molecule has 1 aliphatic rings. The molecule has 1 fully saturated rings. The van der Waals surface area contributed by atoms with Gasteiger partial charge in [0.1, 0.15) is 13.1 Å². The van der Waals surface area contributed by atoms with Crippen LogP contribution in [0.2, 0.25) is 0 Å². The van der Waals surface area contributed by atoms with Crippen LogP contribution in [0.1, 0.15) is 96.8 Å². The Morgan fingerprint density at radius 2 is 1.12 bits per heavy atom. The smallest absolute Gasteiger partial charge is 0.183 e. The quantitative estimate of drug-likeness (QED) is 0.238. The Kier molecular flexibility index (Phi) is 14.7. The number of ether oxygens (including phenoxy) is 2. The van der Waals surface area contributed by atoms with Crippen LogP contribution in [-0.2, 0) is 9.47 Å². The molecular formula is C22H46NO2+. The zero-order chi connectivity index (χ0) is 18.1. The van der Waals surface area contributed by atoms with Crippen molar-refractivity contribution in [3.05, 3.63) is 0 Å². The summed E-state index contributed by atoms with van der Waals surface area (Å²) in [6.45, 7) is 8.06. The highest BCUT2D eigenvalue weighted by Crippen LogP contribution is 2.13. The average Bonchev–Trinajstić information content (AvgIpc) is 2.62. The van der Waals surface area contributed by atoms with Gasteiger partial charge in [-0.2, -0.15) is 0 Å². The van der Waals surface area contributed by atoms with Crippen molar-refractivity contribution in [1.29, 1.82) is 0 Å². The third-order valence-corrected chi connectivity index (χ3v) is 5.60. The lowest BCUT2D eigenvalue weighted by atomic mass is 10.0. The standard InChI is InChI=1S/C22H46NO2/c1-3-4-5-6-7-8-9-10-11-12-13-14-15-16-19-25-22-23(2)17-20-24-21-18-23/h3-22H2,1-2H3/q+1. The number of quaternary nitrogens is 1. The fourth-order valence-corrected chi connectivity index (χ4v) is 3.60. The van der Waals surface area contributed by atoms with E-state index in [1.807, 2.05) is 0 Å². The summed E-state index contributed by atoms with van der Waals surface area (Å²) in [6, 6.07) is 0. The molecule has 3 heteroatoms. The predicted octanol–water partition coefficient (Wildman–Crippen LogP) is 5.92. The van der Waals surface area contributed by atoms with E-state index < -0.39 is 0 Å².